The van der Waals surface area contributed by atoms with E-state index in [4.69, 9.17) is 4.74 Å². The van der Waals surface area contributed by atoms with Crippen LogP contribution in [0.3, 0.4) is 0 Å². The highest BCUT2D eigenvalue weighted by atomic mass is 16.6. The Labute approximate surface area is 98.2 Å². The third kappa shape index (κ3) is 0.947. The van der Waals surface area contributed by atoms with Crippen LogP contribution >= 0.6 is 0 Å². The van der Waals surface area contributed by atoms with E-state index in [0.717, 1.165) is 0 Å². The van der Waals surface area contributed by atoms with Gasteiger partial charge >= 0.3 is 17.9 Å². The molecule has 3 atom stereocenters. The molecule has 0 aromatic rings. The van der Waals surface area contributed by atoms with Crippen LogP contribution in [0.15, 0.2) is 0 Å². The molecule has 6 nitrogen and oxygen atoms in total. The van der Waals surface area contributed by atoms with Gasteiger partial charge in [0.2, 0.25) is 5.41 Å². The monoisotopic (exact) mass is 242 g/mol. The summed E-state index contributed by atoms with van der Waals surface area (Å²) in [5.74, 6) is -2.77. The number of hydrogen-bond acceptors (Lipinski definition) is 6. The van der Waals surface area contributed by atoms with Crippen LogP contribution in [-0.2, 0) is 28.6 Å². The molecule has 1 aliphatic carbocycles. The third-order valence-corrected chi connectivity index (χ3v) is 4.11. The lowest BCUT2D eigenvalue weighted by Crippen LogP contribution is -2.54. The molecule has 0 aromatic carbocycles. The normalized spacial score (nSPS) is 36.8. The SMILES string of the molecule is COC(=O)C1(C(=O)OC)[C@H](C)[C@]12OC(=O)[C@@H]2C. The zero-order valence-electron chi connectivity index (χ0n) is 10.1. The molecule has 2 rings (SSSR count). The topological polar surface area (TPSA) is 78.9 Å². The minimum atomic E-state index is -1.50. The van der Waals surface area contributed by atoms with Gasteiger partial charge in [-0.2, -0.15) is 0 Å². The Balaban J connectivity index is 2.43. The number of carbonyl (C=O) groups excluding carboxylic acids is 3. The van der Waals surface area contributed by atoms with Crippen LogP contribution in [0.1, 0.15) is 13.8 Å². The van der Waals surface area contributed by atoms with Crippen LogP contribution in [0.5, 0.6) is 0 Å². The molecule has 17 heavy (non-hydrogen) atoms. The van der Waals surface area contributed by atoms with Crippen molar-refractivity contribution in [2.45, 2.75) is 19.4 Å². The van der Waals surface area contributed by atoms with Crippen LogP contribution in [0.25, 0.3) is 0 Å². The van der Waals surface area contributed by atoms with Gasteiger partial charge < -0.3 is 14.2 Å². The van der Waals surface area contributed by atoms with E-state index in [9.17, 15) is 14.4 Å². The maximum absolute atomic E-state index is 11.9. The molecular weight excluding hydrogens is 228 g/mol. The zero-order chi connectivity index (χ0) is 13.0. The molecule has 94 valence electrons. The van der Waals surface area contributed by atoms with Gasteiger partial charge in [-0.25, -0.2) is 0 Å². The quantitative estimate of drug-likeness (QED) is 0.382. The molecule has 6 heteroatoms. The van der Waals surface area contributed by atoms with Crippen molar-refractivity contribution >= 4 is 17.9 Å². The number of esters is 3. The summed E-state index contributed by atoms with van der Waals surface area (Å²) >= 11 is 0. The Morgan fingerprint density at radius 1 is 1.18 bits per heavy atom. The van der Waals surface area contributed by atoms with Crippen LogP contribution in [0.2, 0.25) is 0 Å². The summed E-state index contributed by atoms with van der Waals surface area (Å²) in [5, 5.41) is 0. The lowest BCUT2D eigenvalue weighted by Gasteiger charge is -2.36. The number of carbonyl (C=O) groups is 3. The number of hydrogen-bond donors (Lipinski definition) is 0. The summed E-state index contributed by atoms with van der Waals surface area (Å²) in [6.07, 6.45) is 0. The summed E-state index contributed by atoms with van der Waals surface area (Å²) in [4.78, 5) is 34.9. The first-order valence-electron chi connectivity index (χ1n) is 5.30. The molecule has 2 aliphatic rings. The molecule has 0 radical (unpaired) electrons. The highest BCUT2D eigenvalue weighted by Gasteiger charge is 2.93. The lowest BCUT2D eigenvalue weighted by molar-refractivity contribution is -0.201. The zero-order valence-corrected chi connectivity index (χ0v) is 10.1. The smallest absolute Gasteiger partial charge is 0.327 e. The second-order valence-corrected chi connectivity index (χ2v) is 4.45. The highest BCUT2D eigenvalue weighted by Crippen LogP contribution is 2.72. The van der Waals surface area contributed by atoms with Gasteiger partial charge in [0.25, 0.3) is 0 Å². The molecule has 0 bridgehead atoms. The van der Waals surface area contributed by atoms with Crippen LogP contribution in [0, 0.1) is 17.3 Å². The molecule has 0 amide bonds. The first-order chi connectivity index (χ1) is 7.91. The summed E-state index contributed by atoms with van der Waals surface area (Å²) in [7, 11) is 2.38. The van der Waals surface area contributed by atoms with Crippen molar-refractivity contribution in [3.05, 3.63) is 0 Å². The minimum Gasteiger partial charge on any atom is -0.468 e. The fraction of sp³-hybridized carbons (Fsp3) is 0.727. The second kappa shape index (κ2) is 3.21. The van der Waals surface area contributed by atoms with Gasteiger partial charge in [-0.1, -0.05) is 6.92 Å². The Morgan fingerprint density at radius 3 is 1.94 bits per heavy atom. The Morgan fingerprint density at radius 2 is 1.65 bits per heavy atom. The second-order valence-electron chi connectivity index (χ2n) is 4.45. The molecule has 0 aromatic heterocycles. The molecule has 1 saturated carbocycles. The van der Waals surface area contributed by atoms with Crippen molar-refractivity contribution < 1.29 is 28.6 Å². The average Bonchev–Trinajstić information content (AvgIpc) is 2.91. The summed E-state index contributed by atoms with van der Waals surface area (Å²) in [5.41, 5.74) is -2.58. The summed E-state index contributed by atoms with van der Waals surface area (Å²) in [6, 6.07) is 0. The summed E-state index contributed by atoms with van der Waals surface area (Å²) < 4.78 is 14.4. The standard InChI is InChI=1S/C11H14O6/c1-5-7(12)17-11(5)6(2)10(11,8(13)15-3)9(14)16-4/h5-6H,1-4H3/t5-,6-,11-/m0/s1. The first-order valence-corrected chi connectivity index (χ1v) is 5.30. The fourth-order valence-corrected chi connectivity index (χ4v) is 3.08. The molecule has 2 fully saturated rings. The number of methoxy groups -OCH3 is 2. The Hall–Kier alpha value is -1.59. The number of rotatable bonds is 2. The van der Waals surface area contributed by atoms with Crippen molar-refractivity contribution in [3.8, 4) is 0 Å². The molecule has 1 heterocycles. The van der Waals surface area contributed by atoms with Crippen molar-refractivity contribution in [1.82, 2.24) is 0 Å². The highest BCUT2D eigenvalue weighted by molar-refractivity contribution is 6.09. The van der Waals surface area contributed by atoms with Crippen LogP contribution in [-0.4, -0.2) is 37.7 Å². The predicted molar refractivity (Wildman–Crippen MR) is 53.6 cm³/mol. The van der Waals surface area contributed by atoms with E-state index in [-0.39, 0.29) is 0 Å². The van der Waals surface area contributed by atoms with Gasteiger partial charge in [0, 0.05) is 5.92 Å². The van der Waals surface area contributed by atoms with E-state index in [1.165, 1.54) is 14.2 Å². The fourth-order valence-electron chi connectivity index (χ4n) is 3.08. The van der Waals surface area contributed by atoms with Gasteiger partial charge in [0.05, 0.1) is 20.1 Å². The predicted octanol–water partition coefficient (Wildman–Crippen LogP) is -0.0998. The molecular formula is C11H14O6. The van der Waals surface area contributed by atoms with Crippen LogP contribution in [0.4, 0.5) is 0 Å². The van der Waals surface area contributed by atoms with Crippen molar-refractivity contribution in [2.75, 3.05) is 14.2 Å². The lowest BCUT2D eigenvalue weighted by atomic mass is 9.87. The maximum Gasteiger partial charge on any atom is 0.327 e. The molecule has 0 N–H and O–H groups in total. The largest absolute Gasteiger partial charge is 0.468 e. The van der Waals surface area contributed by atoms with Gasteiger partial charge in [0.15, 0.2) is 5.60 Å². The van der Waals surface area contributed by atoms with E-state index in [2.05, 4.69) is 9.47 Å². The van der Waals surface area contributed by atoms with E-state index < -0.39 is 40.8 Å². The minimum absolute atomic E-state index is 0.411. The van der Waals surface area contributed by atoms with Gasteiger partial charge in [-0.15, -0.1) is 0 Å². The van der Waals surface area contributed by atoms with Gasteiger partial charge in [0.1, 0.15) is 0 Å². The molecule has 1 saturated heterocycles. The van der Waals surface area contributed by atoms with E-state index >= 15 is 0 Å². The van der Waals surface area contributed by atoms with E-state index in [1.54, 1.807) is 13.8 Å². The third-order valence-electron chi connectivity index (χ3n) is 4.11. The average molecular weight is 242 g/mol. The van der Waals surface area contributed by atoms with Crippen LogP contribution < -0.4 is 0 Å². The Kier molecular flexibility index (Phi) is 2.24. The van der Waals surface area contributed by atoms with E-state index in [0.29, 0.717) is 0 Å². The maximum atomic E-state index is 11.9. The van der Waals surface area contributed by atoms with Crippen molar-refractivity contribution in [1.29, 1.82) is 0 Å². The molecule has 1 spiro atoms. The van der Waals surface area contributed by atoms with Gasteiger partial charge in [-0.3, -0.25) is 14.4 Å². The van der Waals surface area contributed by atoms with Crippen molar-refractivity contribution in [3.63, 3.8) is 0 Å². The summed E-state index contributed by atoms with van der Waals surface area (Å²) in [6.45, 7) is 3.31. The molecule has 0 unspecified atom stereocenters. The number of ether oxygens (including phenoxy) is 3. The Bertz CT molecular complexity index is 398. The van der Waals surface area contributed by atoms with Crippen molar-refractivity contribution in [2.24, 2.45) is 17.3 Å². The molecule has 1 aliphatic heterocycles. The van der Waals surface area contributed by atoms with Gasteiger partial charge in [-0.05, 0) is 6.92 Å². The van der Waals surface area contributed by atoms with E-state index in [1.807, 2.05) is 0 Å². The first kappa shape index (κ1) is 11.9.